The number of benzene rings is 1. The van der Waals surface area contributed by atoms with Crippen molar-refractivity contribution in [3.8, 4) is 0 Å². The first-order chi connectivity index (χ1) is 10.7. The molecule has 0 bridgehead atoms. The van der Waals surface area contributed by atoms with E-state index in [1.54, 1.807) is 0 Å². The average Bonchev–Trinajstić information content (AvgIpc) is 3.11. The molecule has 1 amide bonds. The monoisotopic (exact) mass is 335 g/mol. The number of aromatic nitrogens is 2. The summed E-state index contributed by atoms with van der Waals surface area (Å²) in [5, 5.41) is 3.78. The number of nitrogens with zero attached hydrogens (tertiary/aromatic N) is 1. The Kier molecular flexibility index (Phi) is 5.31. The maximum atomic E-state index is 12.0. The van der Waals surface area contributed by atoms with Gasteiger partial charge in [0.05, 0.1) is 11.0 Å². The Morgan fingerprint density at radius 1 is 1.45 bits per heavy atom. The van der Waals surface area contributed by atoms with Gasteiger partial charge in [0, 0.05) is 23.1 Å². The van der Waals surface area contributed by atoms with Crippen LogP contribution in [-0.4, -0.2) is 26.9 Å². The number of carbonyl (C=O) groups is 1. The number of anilines is 1. The third-order valence-corrected chi connectivity index (χ3v) is 6.80. The maximum Gasteiger partial charge on any atom is 0.224 e. The molecule has 1 aliphatic rings. The Labute approximate surface area is 138 Å². The van der Waals surface area contributed by atoms with Gasteiger partial charge in [0.15, 0.2) is 0 Å². The van der Waals surface area contributed by atoms with Crippen molar-refractivity contribution in [1.29, 1.82) is 0 Å². The van der Waals surface area contributed by atoms with Gasteiger partial charge in [-0.2, -0.15) is 0 Å². The van der Waals surface area contributed by atoms with Crippen LogP contribution in [0.5, 0.6) is 0 Å². The van der Waals surface area contributed by atoms with Gasteiger partial charge in [0.25, 0.3) is 0 Å². The Hall–Kier alpha value is -1.14. The van der Waals surface area contributed by atoms with Crippen molar-refractivity contribution in [2.24, 2.45) is 0 Å². The largest absolute Gasteiger partial charge is 0.342 e. The lowest BCUT2D eigenvalue weighted by Crippen LogP contribution is -2.11. The number of rotatable bonds is 6. The number of hydrogen-bond donors (Lipinski definition) is 2. The first-order valence-electron chi connectivity index (χ1n) is 7.75. The molecule has 2 heterocycles. The summed E-state index contributed by atoms with van der Waals surface area (Å²) < 4.78 is 0. The van der Waals surface area contributed by atoms with E-state index in [1.807, 2.05) is 46.7 Å². The van der Waals surface area contributed by atoms with Crippen LogP contribution in [0, 0.1) is 6.92 Å². The van der Waals surface area contributed by atoms with Crippen molar-refractivity contribution in [2.45, 2.75) is 44.3 Å². The van der Waals surface area contributed by atoms with Gasteiger partial charge in [0.2, 0.25) is 5.91 Å². The summed E-state index contributed by atoms with van der Waals surface area (Å²) in [5.74, 6) is 2.27. The molecule has 2 aromatic rings. The molecule has 0 spiro atoms. The molecule has 6 heteroatoms. The van der Waals surface area contributed by atoms with Crippen molar-refractivity contribution in [2.75, 3.05) is 11.1 Å². The van der Waals surface area contributed by atoms with Gasteiger partial charge in [0.1, 0.15) is 5.82 Å². The molecule has 0 radical (unpaired) electrons. The number of carbonyl (C=O) groups excluding carboxylic acids is 1. The molecular formula is C16H21N3OS2. The molecule has 0 saturated carbocycles. The fourth-order valence-electron chi connectivity index (χ4n) is 2.66. The highest BCUT2D eigenvalue weighted by molar-refractivity contribution is 8.77. The number of H-pyrrole nitrogens is 1. The average molecular weight is 335 g/mol. The Morgan fingerprint density at radius 2 is 2.36 bits per heavy atom. The van der Waals surface area contributed by atoms with Crippen LogP contribution in [0.4, 0.5) is 5.69 Å². The minimum atomic E-state index is 0.101. The molecule has 118 valence electrons. The molecule has 0 unspecified atom stereocenters. The zero-order valence-corrected chi connectivity index (χ0v) is 14.4. The molecule has 1 aromatic carbocycles. The number of unbranched alkanes of at least 4 members (excludes halogenated alkanes) is 1. The van der Waals surface area contributed by atoms with E-state index in [4.69, 9.17) is 0 Å². The summed E-state index contributed by atoms with van der Waals surface area (Å²) in [6.07, 6.45) is 5.28. The van der Waals surface area contributed by atoms with E-state index in [0.29, 0.717) is 6.42 Å². The van der Waals surface area contributed by atoms with E-state index in [9.17, 15) is 4.79 Å². The predicted octanol–water partition coefficient (Wildman–Crippen LogP) is 4.52. The van der Waals surface area contributed by atoms with E-state index in [0.717, 1.165) is 40.6 Å². The van der Waals surface area contributed by atoms with E-state index in [2.05, 4.69) is 15.3 Å². The molecule has 3 rings (SSSR count). The lowest BCUT2D eigenvalue weighted by atomic mass is 10.1. The first kappa shape index (κ1) is 15.7. The first-order valence-corrected chi connectivity index (χ1v) is 10.1. The Morgan fingerprint density at radius 3 is 3.18 bits per heavy atom. The molecular weight excluding hydrogens is 314 g/mol. The van der Waals surface area contributed by atoms with Gasteiger partial charge in [-0.25, -0.2) is 4.98 Å². The Bertz CT molecular complexity index is 650. The van der Waals surface area contributed by atoms with E-state index < -0.39 is 0 Å². The summed E-state index contributed by atoms with van der Waals surface area (Å²) in [5.41, 5.74) is 2.73. The smallest absolute Gasteiger partial charge is 0.224 e. The van der Waals surface area contributed by atoms with Crippen molar-refractivity contribution in [3.05, 3.63) is 24.0 Å². The fraction of sp³-hybridized carbons (Fsp3) is 0.500. The molecule has 1 saturated heterocycles. The molecule has 1 aromatic heterocycles. The quantitative estimate of drug-likeness (QED) is 0.602. The minimum Gasteiger partial charge on any atom is -0.342 e. The highest BCUT2D eigenvalue weighted by Crippen LogP contribution is 2.39. The van der Waals surface area contributed by atoms with Crippen LogP contribution in [0.1, 0.15) is 37.9 Å². The van der Waals surface area contributed by atoms with Crippen molar-refractivity contribution >= 4 is 44.2 Å². The number of aryl methyl sites for hydroxylation is 1. The number of fused-ring (bicyclic) bond motifs is 1. The third kappa shape index (κ3) is 4.20. The van der Waals surface area contributed by atoms with Gasteiger partial charge < -0.3 is 10.3 Å². The van der Waals surface area contributed by atoms with Gasteiger partial charge in [-0.3, -0.25) is 4.79 Å². The lowest BCUT2D eigenvalue weighted by molar-refractivity contribution is -0.116. The number of aromatic amines is 1. The van der Waals surface area contributed by atoms with E-state index in [-0.39, 0.29) is 5.91 Å². The number of nitrogens with one attached hydrogen (secondary N) is 2. The number of hydrogen-bond acceptors (Lipinski definition) is 4. The van der Waals surface area contributed by atoms with Crippen LogP contribution in [0.2, 0.25) is 0 Å². The van der Waals surface area contributed by atoms with E-state index in [1.165, 1.54) is 18.6 Å². The van der Waals surface area contributed by atoms with Crippen LogP contribution in [0.25, 0.3) is 11.0 Å². The standard InChI is InChI=1S/C16H21N3OS2/c1-11-17-14-7-6-12(10-15(14)18-11)19-16(20)5-3-2-4-13-8-9-21-22-13/h6-7,10,13H,2-5,8-9H2,1H3,(H,17,18)(H,19,20)/t13-/m0/s1. The van der Waals surface area contributed by atoms with Crippen LogP contribution in [0.15, 0.2) is 18.2 Å². The highest BCUT2D eigenvalue weighted by atomic mass is 33.1. The van der Waals surface area contributed by atoms with Crippen LogP contribution >= 0.6 is 21.6 Å². The van der Waals surface area contributed by atoms with Gasteiger partial charge in [-0.05, 0) is 44.4 Å². The molecule has 2 N–H and O–H groups in total. The maximum absolute atomic E-state index is 12.0. The zero-order chi connectivity index (χ0) is 15.4. The van der Waals surface area contributed by atoms with Gasteiger partial charge in [-0.1, -0.05) is 28.0 Å². The molecule has 4 nitrogen and oxygen atoms in total. The lowest BCUT2D eigenvalue weighted by Gasteiger charge is -2.07. The van der Waals surface area contributed by atoms with E-state index >= 15 is 0 Å². The van der Waals surface area contributed by atoms with Crippen molar-refractivity contribution in [1.82, 2.24) is 9.97 Å². The zero-order valence-electron chi connectivity index (χ0n) is 12.7. The van der Waals surface area contributed by atoms with Gasteiger partial charge >= 0.3 is 0 Å². The highest BCUT2D eigenvalue weighted by Gasteiger charge is 2.15. The Balaban J connectivity index is 1.43. The molecule has 1 aliphatic heterocycles. The van der Waals surface area contributed by atoms with Crippen LogP contribution in [0.3, 0.4) is 0 Å². The SMILES string of the molecule is Cc1nc2ccc(NC(=O)CCCC[C@H]3CCSS3)cc2[nH]1. The van der Waals surface area contributed by atoms with Crippen LogP contribution in [-0.2, 0) is 4.79 Å². The summed E-state index contributed by atoms with van der Waals surface area (Å²) in [7, 11) is 3.99. The van der Waals surface area contributed by atoms with Crippen LogP contribution < -0.4 is 5.32 Å². The van der Waals surface area contributed by atoms with Crippen molar-refractivity contribution in [3.63, 3.8) is 0 Å². The second kappa shape index (κ2) is 7.42. The second-order valence-corrected chi connectivity index (χ2v) is 8.46. The summed E-state index contributed by atoms with van der Waals surface area (Å²) >= 11 is 0. The molecule has 1 atom stereocenters. The summed E-state index contributed by atoms with van der Waals surface area (Å²) in [4.78, 5) is 19.6. The normalized spacial score (nSPS) is 18.0. The molecule has 0 aliphatic carbocycles. The molecule has 22 heavy (non-hydrogen) atoms. The summed E-state index contributed by atoms with van der Waals surface area (Å²) in [6.45, 7) is 1.93. The minimum absolute atomic E-state index is 0.101. The summed E-state index contributed by atoms with van der Waals surface area (Å²) in [6, 6.07) is 5.79. The second-order valence-electron chi connectivity index (χ2n) is 5.68. The third-order valence-electron chi connectivity index (χ3n) is 3.79. The molecule has 1 fully saturated rings. The fourth-order valence-corrected chi connectivity index (χ4v) is 5.69. The van der Waals surface area contributed by atoms with Crippen molar-refractivity contribution < 1.29 is 4.79 Å². The number of amides is 1. The topological polar surface area (TPSA) is 57.8 Å². The van der Waals surface area contributed by atoms with Gasteiger partial charge in [-0.15, -0.1) is 0 Å². The number of imidazole rings is 1. The predicted molar refractivity (Wildman–Crippen MR) is 96.4 cm³/mol.